The summed E-state index contributed by atoms with van der Waals surface area (Å²) in [5.41, 5.74) is 3.29. The second kappa shape index (κ2) is 5.54. The monoisotopic (exact) mass is 265 g/mol. The largest absolute Gasteiger partial charge is 0.316 e. The molecule has 1 N–H and O–H groups in total. The third-order valence-corrected chi connectivity index (χ3v) is 3.14. The zero-order valence-corrected chi connectivity index (χ0v) is 11.0. The number of nitrogens with one attached hydrogen (secondary N) is 1. The quantitative estimate of drug-likeness (QED) is 0.869. The Kier molecular flexibility index (Phi) is 4.06. The molecule has 2 rings (SSSR count). The molecule has 0 radical (unpaired) electrons. The van der Waals surface area contributed by atoms with Crippen LogP contribution in [0.15, 0.2) is 42.5 Å². The van der Waals surface area contributed by atoms with Crippen LogP contribution in [0, 0.1) is 0 Å². The maximum Gasteiger partial charge on any atom is 0.0485 e. The van der Waals surface area contributed by atoms with Gasteiger partial charge in [0, 0.05) is 22.2 Å². The van der Waals surface area contributed by atoms with Crippen molar-refractivity contribution in [2.24, 2.45) is 0 Å². The topological polar surface area (TPSA) is 12.0 Å². The molecule has 0 atom stereocenters. The first kappa shape index (κ1) is 12.4. The van der Waals surface area contributed by atoms with Gasteiger partial charge in [-0.3, -0.25) is 0 Å². The maximum atomic E-state index is 6.16. The molecule has 0 aromatic heterocycles. The van der Waals surface area contributed by atoms with Crippen molar-refractivity contribution in [1.82, 2.24) is 5.32 Å². The molecule has 0 aliphatic carbocycles. The van der Waals surface area contributed by atoms with Crippen LogP contribution in [0.2, 0.25) is 10.0 Å². The Bertz CT molecular complexity index is 506. The minimum atomic E-state index is 0.698. The summed E-state index contributed by atoms with van der Waals surface area (Å²) in [5.74, 6) is 0. The number of hydrogen-bond acceptors (Lipinski definition) is 1. The first-order chi connectivity index (χ1) is 8.20. The highest BCUT2D eigenvalue weighted by Crippen LogP contribution is 2.30. The first-order valence-electron chi connectivity index (χ1n) is 5.39. The number of halogens is 2. The van der Waals surface area contributed by atoms with Crippen LogP contribution in [-0.2, 0) is 6.54 Å². The number of benzene rings is 2. The molecule has 0 spiro atoms. The van der Waals surface area contributed by atoms with Gasteiger partial charge in [0.15, 0.2) is 0 Å². The fraction of sp³-hybridized carbons (Fsp3) is 0.143. The van der Waals surface area contributed by atoms with E-state index in [0.29, 0.717) is 5.02 Å². The van der Waals surface area contributed by atoms with Crippen LogP contribution in [0.25, 0.3) is 11.1 Å². The van der Waals surface area contributed by atoms with E-state index in [0.717, 1.165) is 22.7 Å². The Morgan fingerprint density at radius 3 is 2.35 bits per heavy atom. The molecule has 0 aliphatic rings. The lowest BCUT2D eigenvalue weighted by atomic mass is 10.0. The highest BCUT2D eigenvalue weighted by molar-refractivity contribution is 6.35. The third-order valence-electron chi connectivity index (χ3n) is 2.57. The standard InChI is InChI=1S/C14H13Cl2N/c1-17-9-10-2-4-11(5-3-10)13-8-12(15)6-7-14(13)16/h2-8,17H,9H2,1H3. The fourth-order valence-corrected chi connectivity index (χ4v) is 2.12. The van der Waals surface area contributed by atoms with Gasteiger partial charge in [-0.1, -0.05) is 47.5 Å². The van der Waals surface area contributed by atoms with Gasteiger partial charge < -0.3 is 5.32 Å². The van der Waals surface area contributed by atoms with E-state index in [-0.39, 0.29) is 0 Å². The van der Waals surface area contributed by atoms with Crippen molar-refractivity contribution >= 4 is 23.2 Å². The van der Waals surface area contributed by atoms with Crippen LogP contribution in [0.3, 0.4) is 0 Å². The molecular formula is C14H13Cl2N. The zero-order chi connectivity index (χ0) is 12.3. The van der Waals surface area contributed by atoms with Crippen molar-refractivity contribution in [3.05, 3.63) is 58.1 Å². The van der Waals surface area contributed by atoms with E-state index in [1.165, 1.54) is 5.56 Å². The molecule has 17 heavy (non-hydrogen) atoms. The number of hydrogen-bond donors (Lipinski definition) is 1. The van der Waals surface area contributed by atoms with Gasteiger partial charge in [-0.15, -0.1) is 0 Å². The molecule has 1 nitrogen and oxygen atoms in total. The summed E-state index contributed by atoms with van der Waals surface area (Å²) in [7, 11) is 1.93. The van der Waals surface area contributed by atoms with E-state index >= 15 is 0 Å². The summed E-state index contributed by atoms with van der Waals surface area (Å²) >= 11 is 12.1. The summed E-state index contributed by atoms with van der Waals surface area (Å²) in [6, 6.07) is 13.8. The van der Waals surface area contributed by atoms with E-state index in [1.54, 1.807) is 6.07 Å². The maximum absolute atomic E-state index is 6.16. The molecule has 0 unspecified atom stereocenters. The predicted octanol–water partition coefficient (Wildman–Crippen LogP) is 4.38. The average Bonchev–Trinajstić information content (AvgIpc) is 2.34. The minimum Gasteiger partial charge on any atom is -0.316 e. The zero-order valence-electron chi connectivity index (χ0n) is 9.50. The van der Waals surface area contributed by atoms with E-state index in [9.17, 15) is 0 Å². The second-order valence-corrected chi connectivity index (χ2v) is 4.70. The lowest BCUT2D eigenvalue weighted by molar-refractivity contribution is 0.818. The van der Waals surface area contributed by atoms with Gasteiger partial charge in [-0.05, 0) is 36.4 Å². The van der Waals surface area contributed by atoms with Crippen LogP contribution < -0.4 is 5.32 Å². The molecule has 2 aromatic carbocycles. The Morgan fingerprint density at radius 2 is 1.71 bits per heavy atom. The summed E-state index contributed by atoms with van der Waals surface area (Å²) in [6.45, 7) is 0.865. The second-order valence-electron chi connectivity index (χ2n) is 3.85. The van der Waals surface area contributed by atoms with Crippen molar-refractivity contribution < 1.29 is 0 Å². The molecule has 0 saturated heterocycles. The Labute approximate surface area is 111 Å². The molecular weight excluding hydrogens is 253 g/mol. The van der Waals surface area contributed by atoms with E-state index in [1.807, 2.05) is 19.2 Å². The van der Waals surface area contributed by atoms with Crippen LogP contribution >= 0.6 is 23.2 Å². The predicted molar refractivity (Wildman–Crippen MR) is 74.7 cm³/mol. The van der Waals surface area contributed by atoms with Crippen molar-refractivity contribution in [3.63, 3.8) is 0 Å². The van der Waals surface area contributed by atoms with Gasteiger partial charge in [-0.25, -0.2) is 0 Å². The Hall–Kier alpha value is -1.02. The van der Waals surface area contributed by atoms with E-state index in [2.05, 4.69) is 29.6 Å². The van der Waals surface area contributed by atoms with E-state index in [4.69, 9.17) is 23.2 Å². The van der Waals surface area contributed by atoms with Crippen molar-refractivity contribution in [2.75, 3.05) is 7.05 Å². The van der Waals surface area contributed by atoms with Crippen molar-refractivity contribution in [2.45, 2.75) is 6.54 Å². The smallest absolute Gasteiger partial charge is 0.0485 e. The van der Waals surface area contributed by atoms with Crippen LogP contribution in [0.5, 0.6) is 0 Å². The highest BCUT2D eigenvalue weighted by Gasteiger charge is 2.04. The van der Waals surface area contributed by atoms with Gasteiger partial charge in [-0.2, -0.15) is 0 Å². The van der Waals surface area contributed by atoms with Crippen LogP contribution in [0.1, 0.15) is 5.56 Å². The van der Waals surface area contributed by atoms with E-state index < -0.39 is 0 Å². The highest BCUT2D eigenvalue weighted by atomic mass is 35.5. The van der Waals surface area contributed by atoms with Crippen LogP contribution in [0.4, 0.5) is 0 Å². The molecule has 2 aromatic rings. The van der Waals surface area contributed by atoms with Gasteiger partial charge in [0.1, 0.15) is 0 Å². The molecule has 0 bridgehead atoms. The van der Waals surface area contributed by atoms with Crippen molar-refractivity contribution in [1.29, 1.82) is 0 Å². The average molecular weight is 266 g/mol. The molecule has 88 valence electrons. The van der Waals surface area contributed by atoms with Gasteiger partial charge in [0.2, 0.25) is 0 Å². The normalized spacial score (nSPS) is 10.5. The lowest BCUT2D eigenvalue weighted by Gasteiger charge is -2.06. The summed E-state index contributed by atoms with van der Waals surface area (Å²) in [4.78, 5) is 0. The van der Waals surface area contributed by atoms with Gasteiger partial charge in [0.05, 0.1) is 0 Å². The lowest BCUT2D eigenvalue weighted by Crippen LogP contribution is -2.04. The molecule has 0 saturated carbocycles. The molecule has 3 heteroatoms. The number of rotatable bonds is 3. The molecule has 0 heterocycles. The molecule has 0 aliphatic heterocycles. The first-order valence-corrected chi connectivity index (χ1v) is 6.15. The molecule has 0 amide bonds. The Morgan fingerprint density at radius 1 is 1.00 bits per heavy atom. The summed E-state index contributed by atoms with van der Waals surface area (Å²) in [5, 5.41) is 4.53. The summed E-state index contributed by atoms with van der Waals surface area (Å²) in [6.07, 6.45) is 0. The van der Waals surface area contributed by atoms with Crippen LogP contribution in [-0.4, -0.2) is 7.05 Å². The molecule has 0 fully saturated rings. The fourth-order valence-electron chi connectivity index (χ4n) is 1.72. The minimum absolute atomic E-state index is 0.698. The Balaban J connectivity index is 2.36. The van der Waals surface area contributed by atoms with Crippen molar-refractivity contribution in [3.8, 4) is 11.1 Å². The third kappa shape index (κ3) is 3.01. The summed E-state index contributed by atoms with van der Waals surface area (Å²) < 4.78 is 0. The van der Waals surface area contributed by atoms with Gasteiger partial charge >= 0.3 is 0 Å². The SMILES string of the molecule is CNCc1ccc(-c2cc(Cl)ccc2Cl)cc1. The van der Waals surface area contributed by atoms with Gasteiger partial charge in [0.25, 0.3) is 0 Å².